The van der Waals surface area contributed by atoms with Crippen LogP contribution in [0.2, 0.25) is 0 Å². The van der Waals surface area contributed by atoms with Gasteiger partial charge in [-0.1, -0.05) is 12.2 Å². The van der Waals surface area contributed by atoms with Gasteiger partial charge in [0.2, 0.25) is 5.88 Å². The van der Waals surface area contributed by atoms with Gasteiger partial charge in [-0.3, -0.25) is 4.79 Å². The molecule has 2 aromatic rings. The predicted octanol–water partition coefficient (Wildman–Crippen LogP) is 4.61. The second-order valence-electron chi connectivity index (χ2n) is 5.97. The number of rotatable bonds is 5. The lowest BCUT2D eigenvalue weighted by atomic mass is 10.1. The summed E-state index contributed by atoms with van der Waals surface area (Å²) in [5.74, 6) is -3.39. The Labute approximate surface area is 166 Å². The third-order valence-electron chi connectivity index (χ3n) is 3.83. The van der Waals surface area contributed by atoms with Crippen molar-refractivity contribution in [1.29, 1.82) is 0 Å². The molecule has 1 atom stereocenters. The van der Waals surface area contributed by atoms with Gasteiger partial charge in [-0.2, -0.15) is 18.3 Å². The fourth-order valence-corrected chi connectivity index (χ4v) is 2.76. The normalized spacial score (nSPS) is 16.5. The van der Waals surface area contributed by atoms with Crippen molar-refractivity contribution < 1.29 is 31.5 Å². The first-order chi connectivity index (χ1) is 13.6. The van der Waals surface area contributed by atoms with E-state index in [4.69, 9.17) is 16.3 Å². The number of carbonyl (C=O) groups excluding carboxylic acids is 1. The average Bonchev–Trinajstić information content (AvgIpc) is 3.08. The van der Waals surface area contributed by atoms with E-state index in [9.17, 15) is 26.7 Å². The zero-order valence-electron chi connectivity index (χ0n) is 14.5. The van der Waals surface area contributed by atoms with Crippen LogP contribution >= 0.6 is 11.6 Å². The molecule has 1 aromatic carbocycles. The molecule has 1 N–H and O–H groups in total. The fourth-order valence-electron chi connectivity index (χ4n) is 2.49. The number of aromatic nitrogens is 2. The van der Waals surface area contributed by atoms with Gasteiger partial charge >= 0.3 is 6.18 Å². The summed E-state index contributed by atoms with van der Waals surface area (Å²) in [6.07, 6.45) is 0.491. The molecular weight excluding hydrogens is 421 g/mol. The maximum absolute atomic E-state index is 13.2. The molecular formula is C18H13ClF5N3O2. The SMILES string of the molecule is O=C(COc1cc(C(F)(F)F)nn1C1=CC=CCC1Cl)Nc1ccc(F)c(F)c1. The minimum absolute atomic E-state index is 0.0389. The molecule has 0 fully saturated rings. The van der Waals surface area contributed by atoms with Crippen LogP contribution in [0.4, 0.5) is 27.6 Å². The smallest absolute Gasteiger partial charge is 0.435 e. The molecule has 5 nitrogen and oxygen atoms in total. The summed E-state index contributed by atoms with van der Waals surface area (Å²) in [5.41, 5.74) is -1.00. The minimum Gasteiger partial charge on any atom is -0.467 e. The zero-order valence-corrected chi connectivity index (χ0v) is 15.3. The van der Waals surface area contributed by atoms with Crippen LogP contribution in [-0.4, -0.2) is 27.7 Å². The van der Waals surface area contributed by atoms with Crippen LogP contribution in [0.3, 0.4) is 0 Å². The first-order valence-electron chi connectivity index (χ1n) is 8.21. The number of anilines is 1. The third kappa shape index (κ3) is 4.94. The molecule has 0 radical (unpaired) electrons. The number of allylic oxidation sites excluding steroid dienone is 4. The van der Waals surface area contributed by atoms with E-state index in [1.54, 1.807) is 12.2 Å². The topological polar surface area (TPSA) is 56.1 Å². The van der Waals surface area contributed by atoms with Gasteiger partial charge in [0, 0.05) is 17.8 Å². The summed E-state index contributed by atoms with van der Waals surface area (Å²) in [6, 6.07) is 3.35. The summed E-state index contributed by atoms with van der Waals surface area (Å²) in [7, 11) is 0. The molecule has 29 heavy (non-hydrogen) atoms. The Morgan fingerprint density at radius 3 is 2.69 bits per heavy atom. The second-order valence-corrected chi connectivity index (χ2v) is 6.49. The van der Waals surface area contributed by atoms with E-state index >= 15 is 0 Å². The lowest BCUT2D eigenvalue weighted by Gasteiger charge is -2.17. The van der Waals surface area contributed by atoms with Gasteiger partial charge in [0.05, 0.1) is 11.1 Å². The lowest BCUT2D eigenvalue weighted by Crippen LogP contribution is -2.22. The van der Waals surface area contributed by atoms with Crippen LogP contribution in [0, 0.1) is 11.6 Å². The van der Waals surface area contributed by atoms with E-state index in [1.807, 2.05) is 0 Å². The van der Waals surface area contributed by atoms with Crippen LogP contribution in [0.15, 0.2) is 42.5 Å². The molecule has 0 spiro atoms. The molecule has 0 aliphatic heterocycles. The molecule has 11 heteroatoms. The van der Waals surface area contributed by atoms with Gasteiger partial charge in [-0.25, -0.2) is 13.5 Å². The van der Waals surface area contributed by atoms with Crippen molar-refractivity contribution >= 4 is 28.9 Å². The van der Waals surface area contributed by atoms with E-state index in [1.165, 1.54) is 6.08 Å². The highest BCUT2D eigenvalue weighted by Gasteiger charge is 2.36. The standard InChI is InChI=1S/C18H13ClF5N3O2/c19-11-3-1-2-4-14(11)27-17(8-15(26-27)18(22,23)24)29-9-16(28)25-10-5-6-12(20)13(21)7-10/h1-2,4-8,11H,3,9H2,(H,25,28). The second kappa shape index (κ2) is 8.24. The molecule has 1 unspecified atom stereocenters. The molecule has 0 bridgehead atoms. The number of halogens is 6. The van der Waals surface area contributed by atoms with Crippen LogP contribution in [0.25, 0.3) is 5.70 Å². The Balaban J connectivity index is 1.78. The van der Waals surface area contributed by atoms with Crippen molar-refractivity contribution in [3.05, 3.63) is 59.8 Å². The number of nitrogens with one attached hydrogen (secondary N) is 1. The molecule has 154 valence electrons. The third-order valence-corrected chi connectivity index (χ3v) is 4.23. The summed E-state index contributed by atoms with van der Waals surface area (Å²) in [6.45, 7) is -0.696. The number of hydrogen-bond donors (Lipinski definition) is 1. The molecule has 0 saturated carbocycles. The van der Waals surface area contributed by atoms with Crippen LogP contribution < -0.4 is 10.1 Å². The molecule has 1 aromatic heterocycles. The average molecular weight is 434 g/mol. The number of hydrogen-bond acceptors (Lipinski definition) is 3. The van der Waals surface area contributed by atoms with Gasteiger partial charge in [0.1, 0.15) is 0 Å². The lowest BCUT2D eigenvalue weighted by molar-refractivity contribution is -0.141. The van der Waals surface area contributed by atoms with Gasteiger partial charge in [-0.15, -0.1) is 11.6 Å². The van der Waals surface area contributed by atoms with Crippen LogP contribution in [0.5, 0.6) is 5.88 Å². The number of nitrogens with zero attached hydrogens (tertiary/aromatic N) is 2. The first-order valence-corrected chi connectivity index (χ1v) is 8.65. The number of benzene rings is 1. The highest BCUT2D eigenvalue weighted by atomic mass is 35.5. The van der Waals surface area contributed by atoms with Crippen LogP contribution in [-0.2, 0) is 11.0 Å². The van der Waals surface area contributed by atoms with Crippen molar-refractivity contribution in [2.75, 3.05) is 11.9 Å². The Kier molecular flexibility index (Phi) is 5.92. The molecule has 1 aliphatic carbocycles. The first kappa shape index (κ1) is 20.8. The molecule has 1 aliphatic rings. The van der Waals surface area contributed by atoms with Crippen molar-refractivity contribution in [3.8, 4) is 5.88 Å². The minimum atomic E-state index is -4.73. The molecule has 1 heterocycles. The Morgan fingerprint density at radius 2 is 2.03 bits per heavy atom. The number of amides is 1. The Bertz CT molecular complexity index is 984. The van der Waals surface area contributed by atoms with Gasteiger partial charge in [-0.05, 0) is 24.6 Å². The fraction of sp³-hybridized carbons (Fsp3) is 0.222. The van der Waals surface area contributed by atoms with Crippen LogP contribution in [0.1, 0.15) is 12.1 Å². The maximum atomic E-state index is 13.2. The number of alkyl halides is 4. The summed E-state index contributed by atoms with van der Waals surface area (Å²) in [4.78, 5) is 12.0. The summed E-state index contributed by atoms with van der Waals surface area (Å²) >= 11 is 6.15. The summed E-state index contributed by atoms with van der Waals surface area (Å²) in [5, 5.41) is 5.11. The molecule has 3 rings (SSSR count). The number of carbonyl (C=O) groups is 1. The van der Waals surface area contributed by atoms with Crippen molar-refractivity contribution in [1.82, 2.24) is 9.78 Å². The van der Waals surface area contributed by atoms with E-state index < -0.39 is 41.4 Å². The maximum Gasteiger partial charge on any atom is 0.435 e. The van der Waals surface area contributed by atoms with E-state index in [0.29, 0.717) is 12.5 Å². The largest absolute Gasteiger partial charge is 0.467 e. The van der Waals surface area contributed by atoms with Gasteiger partial charge in [0.25, 0.3) is 5.91 Å². The highest BCUT2D eigenvalue weighted by molar-refractivity contribution is 6.25. The van der Waals surface area contributed by atoms with E-state index in [0.717, 1.165) is 22.9 Å². The van der Waals surface area contributed by atoms with Crippen molar-refractivity contribution in [3.63, 3.8) is 0 Å². The van der Waals surface area contributed by atoms with Crippen molar-refractivity contribution in [2.24, 2.45) is 0 Å². The van der Waals surface area contributed by atoms with Gasteiger partial charge in [0.15, 0.2) is 23.9 Å². The molecule has 0 saturated heterocycles. The zero-order chi connectivity index (χ0) is 21.2. The number of ether oxygens (including phenoxy) is 1. The monoisotopic (exact) mass is 433 g/mol. The van der Waals surface area contributed by atoms with Gasteiger partial charge < -0.3 is 10.1 Å². The molecule has 1 amide bonds. The van der Waals surface area contributed by atoms with Crippen molar-refractivity contribution in [2.45, 2.75) is 18.0 Å². The quantitative estimate of drug-likeness (QED) is 0.553. The highest BCUT2D eigenvalue weighted by Crippen LogP contribution is 2.34. The Hall–Kier alpha value is -2.88. The summed E-state index contributed by atoms with van der Waals surface area (Å²) < 4.78 is 71.4. The van der Waals surface area contributed by atoms with E-state index in [2.05, 4.69) is 10.4 Å². The van der Waals surface area contributed by atoms with E-state index in [-0.39, 0.29) is 17.3 Å². The Morgan fingerprint density at radius 1 is 1.28 bits per heavy atom. The predicted molar refractivity (Wildman–Crippen MR) is 95.4 cm³/mol.